The first-order chi connectivity index (χ1) is 11.5. The number of halogens is 3. The van der Waals surface area contributed by atoms with Crippen molar-refractivity contribution in [1.29, 1.82) is 0 Å². The van der Waals surface area contributed by atoms with Gasteiger partial charge in [-0.3, -0.25) is 0 Å². The van der Waals surface area contributed by atoms with Crippen molar-refractivity contribution in [1.82, 2.24) is 9.97 Å². The summed E-state index contributed by atoms with van der Waals surface area (Å²) in [5.41, 5.74) is 1.18. The summed E-state index contributed by atoms with van der Waals surface area (Å²) in [6, 6.07) is 8.61. The van der Waals surface area contributed by atoms with E-state index < -0.39 is 11.9 Å². The zero-order chi connectivity index (χ0) is 17.2. The third-order valence-corrected chi connectivity index (χ3v) is 4.36. The van der Waals surface area contributed by atoms with Crippen LogP contribution in [0.3, 0.4) is 0 Å². The standard InChI is InChI=1S/C18H20F3N3/c1-2-12-7-9-13(10-8-12)15-11-16(18(19,20)21)24-17(23-15)22-14-5-3-4-6-14/h7-11,14H,2-6H2,1H3,(H,22,23,24). The topological polar surface area (TPSA) is 37.8 Å². The number of anilines is 1. The van der Waals surface area contributed by atoms with Gasteiger partial charge in [-0.25, -0.2) is 9.97 Å². The predicted molar refractivity (Wildman–Crippen MR) is 87.7 cm³/mol. The van der Waals surface area contributed by atoms with E-state index in [1.54, 1.807) is 12.1 Å². The van der Waals surface area contributed by atoms with Crippen LogP contribution in [0.1, 0.15) is 43.9 Å². The Morgan fingerprint density at radius 3 is 2.33 bits per heavy atom. The molecule has 3 rings (SSSR count). The normalized spacial score (nSPS) is 15.7. The van der Waals surface area contributed by atoms with Crippen molar-refractivity contribution in [2.75, 3.05) is 5.32 Å². The average Bonchev–Trinajstić information content (AvgIpc) is 3.07. The second-order valence-corrected chi connectivity index (χ2v) is 6.14. The monoisotopic (exact) mass is 335 g/mol. The van der Waals surface area contributed by atoms with Crippen LogP contribution in [0, 0.1) is 0 Å². The summed E-state index contributed by atoms with van der Waals surface area (Å²) >= 11 is 0. The Labute approximate surface area is 139 Å². The van der Waals surface area contributed by atoms with Crippen molar-refractivity contribution in [2.24, 2.45) is 0 Å². The van der Waals surface area contributed by atoms with E-state index in [0.29, 0.717) is 11.3 Å². The van der Waals surface area contributed by atoms with E-state index in [1.807, 2.05) is 19.1 Å². The lowest BCUT2D eigenvalue weighted by Gasteiger charge is -2.15. The minimum absolute atomic E-state index is 0.0614. The largest absolute Gasteiger partial charge is 0.433 e. The van der Waals surface area contributed by atoms with Crippen LogP contribution in [0.4, 0.5) is 19.1 Å². The molecule has 1 aliphatic carbocycles. The second kappa shape index (κ2) is 6.79. The minimum atomic E-state index is -4.49. The van der Waals surface area contributed by atoms with Crippen molar-refractivity contribution in [3.05, 3.63) is 41.6 Å². The number of nitrogens with zero attached hydrogens (tertiary/aromatic N) is 2. The van der Waals surface area contributed by atoms with E-state index in [-0.39, 0.29) is 12.0 Å². The number of aromatic nitrogens is 2. The Kier molecular flexibility index (Phi) is 4.73. The Bertz CT molecular complexity index is 690. The van der Waals surface area contributed by atoms with Crippen LogP contribution >= 0.6 is 0 Å². The molecule has 0 aliphatic heterocycles. The van der Waals surface area contributed by atoms with Crippen LogP contribution in [0.2, 0.25) is 0 Å². The molecule has 0 unspecified atom stereocenters. The fourth-order valence-corrected chi connectivity index (χ4v) is 2.97. The maximum atomic E-state index is 13.2. The van der Waals surface area contributed by atoms with Gasteiger partial charge in [0, 0.05) is 11.6 Å². The molecule has 0 spiro atoms. The van der Waals surface area contributed by atoms with Crippen LogP contribution in [0.15, 0.2) is 30.3 Å². The highest BCUT2D eigenvalue weighted by Crippen LogP contribution is 2.32. The summed E-state index contributed by atoms with van der Waals surface area (Å²) in [4.78, 5) is 7.99. The molecule has 1 saturated carbocycles. The van der Waals surface area contributed by atoms with Crippen LogP contribution in [0.5, 0.6) is 0 Å². The number of hydrogen-bond acceptors (Lipinski definition) is 3. The van der Waals surface area contributed by atoms with E-state index in [2.05, 4.69) is 15.3 Å². The maximum Gasteiger partial charge on any atom is 0.433 e. The van der Waals surface area contributed by atoms with Gasteiger partial charge in [-0.05, 0) is 30.9 Å². The number of rotatable bonds is 4. The molecule has 1 fully saturated rings. The number of hydrogen-bond donors (Lipinski definition) is 1. The van der Waals surface area contributed by atoms with Gasteiger partial charge in [-0.15, -0.1) is 0 Å². The minimum Gasteiger partial charge on any atom is -0.351 e. The lowest BCUT2D eigenvalue weighted by molar-refractivity contribution is -0.141. The molecule has 0 saturated heterocycles. The third-order valence-electron chi connectivity index (χ3n) is 4.36. The first-order valence-electron chi connectivity index (χ1n) is 8.28. The summed E-state index contributed by atoms with van der Waals surface area (Å²) < 4.78 is 39.5. The van der Waals surface area contributed by atoms with Crippen LogP contribution in [0.25, 0.3) is 11.3 Å². The van der Waals surface area contributed by atoms with Gasteiger partial charge >= 0.3 is 6.18 Å². The van der Waals surface area contributed by atoms with E-state index in [1.165, 1.54) is 0 Å². The summed E-state index contributed by atoms with van der Waals surface area (Å²) in [5.74, 6) is 0.0614. The van der Waals surface area contributed by atoms with Crippen molar-refractivity contribution in [3.63, 3.8) is 0 Å². The molecule has 0 amide bonds. The molecule has 1 aromatic carbocycles. The van der Waals surface area contributed by atoms with Crippen molar-refractivity contribution in [2.45, 2.75) is 51.2 Å². The molecule has 1 aliphatic rings. The third kappa shape index (κ3) is 3.86. The highest BCUT2D eigenvalue weighted by molar-refractivity contribution is 5.61. The predicted octanol–water partition coefficient (Wildman–Crippen LogP) is 5.08. The van der Waals surface area contributed by atoms with Crippen LogP contribution < -0.4 is 5.32 Å². The van der Waals surface area contributed by atoms with Gasteiger partial charge in [0.05, 0.1) is 5.69 Å². The summed E-state index contributed by atoms with van der Waals surface area (Å²) in [7, 11) is 0. The second-order valence-electron chi connectivity index (χ2n) is 6.14. The average molecular weight is 335 g/mol. The SMILES string of the molecule is CCc1ccc(-c2cc(C(F)(F)F)nc(NC3CCCC3)n2)cc1. The lowest BCUT2D eigenvalue weighted by Crippen LogP contribution is -2.19. The highest BCUT2D eigenvalue weighted by atomic mass is 19.4. The molecule has 2 aromatic rings. The van der Waals surface area contributed by atoms with E-state index >= 15 is 0 Å². The lowest BCUT2D eigenvalue weighted by atomic mass is 10.1. The van der Waals surface area contributed by atoms with Gasteiger partial charge in [-0.2, -0.15) is 13.2 Å². The van der Waals surface area contributed by atoms with Crippen LogP contribution in [-0.2, 0) is 12.6 Å². The Hall–Kier alpha value is -2.11. The summed E-state index contributed by atoms with van der Waals surface area (Å²) in [5, 5.41) is 3.06. The molecule has 0 radical (unpaired) electrons. The van der Waals surface area contributed by atoms with Gasteiger partial charge in [0.1, 0.15) is 0 Å². The molecule has 3 nitrogen and oxygen atoms in total. The molecule has 1 heterocycles. The van der Waals surface area contributed by atoms with E-state index in [0.717, 1.165) is 43.7 Å². The number of alkyl halides is 3. The van der Waals surface area contributed by atoms with Crippen molar-refractivity contribution in [3.8, 4) is 11.3 Å². The zero-order valence-electron chi connectivity index (χ0n) is 13.5. The molecule has 1 N–H and O–H groups in total. The molecule has 0 bridgehead atoms. The van der Waals surface area contributed by atoms with Crippen molar-refractivity contribution >= 4 is 5.95 Å². The van der Waals surface area contributed by atoms with E-state index in [4.69, 9.17) is 0 Å². The number of benzene rings is 1. The fourth-order valence-electron chi connectivity index (χ4n) is 2.97. The smallest absolute Gasteiger partial charge is 0.351 e. The van der Waals surface area contributed by atoms with Gasteiger partial charge in [0.2, 0.25) is 5.95 Å². The molecule has 24 heavy (non-hydrogen) atoms. The molecule has 128 valence electrons. The van der Waals surface area contributed by atoms with Crippen molar-refractivity contribution < 1.29 is 13.2 Å². The quantitative estimate of drug-likeness (QED) is 0.847. The molecule has 6 heteroatoms. The summed E-state index contributed by atoms with van der Waals surface area (Å²) in [6.45, 7) is 2.03. The van der Waals surface area contributed by atoms with Gasteiger partial charge in [0.25, 0.3) is 0 Å². The van der Waals surface area contributed by atoms with E-state index in [9.17, 15) is 13.2 Å². The molecular weight excluding hydrogens is 315 g/mol. The highest BCUT2D eigenvalue weighted by Gasteiger charge is 2.34. The Balaban J connectivity index is 1.96. The number of aryl methyl sites for hydroxylation is 1. The first-order valence-corrected chi connectivity index (χ1v) is 8.28. The van der Waals surface area contributed by atoms with Gasteiger partial charge in [-0.1, -0.05) is 44.0 Å². The molecular formula is C18H20F3N3. The molecule has 0 atom stereocenters. The Morgan fingerprint density at radius 1 is 1.08 bits per heavy atom. The Morgan fingerprint density at radius 2 is 1.75 bits per heavy atom. The maximum absolute atomic E-state index is 13.2. The number of nitrogens with one attached hydrogen (secondary N) is 1. The summed E-state index contributed by atoms with van der Waals surface area (Å²) in [6.07, 6.45) is 0.448. The fraction of sp³-hybridized carbons (Fsp3) is 0.444. The first kappa shape index (κ1) is 16.7. The van der Waals surface area contributed by atoms with Gasteiger partial charge < -0.3 is 5.32 Å². The zero-order valence-corrected chi connectivity index (χ0v) is 13.5. The van der Waals surface area contributed by atoms with Crippen LogP contribution in [-0.4, -0.2) is 16.0 Å². The van der Waals surface area contributed by atoms with Gasteiger partial charge in [0.15, 0.2) is 5.69 Å². The molecule has 1 aromatic heterocycles.